The van der Waals surface area contributed by atoms with Gasteiger partial charge in [-0.1, -0.05) is 159 Å². The molecule has 0 atom stereocenters. The molecule has 0 aliphatic carbocycles. The van der Waals surface area contributed by atoms with E-state index in [1.807, 2.05) is 13.8 Å². The van der Waals surface area contributed by atoms with E-state index >= 15 is 0 Å². The van der Waals surface area contributed by atoms with Crippen LogP contribution in [-0.4, -0.2) is 0 Å². The van der Waals surface area contributed by atoms with Crippen LogP contribution in [0.3, 0.4) is 0 Å². The molecule has 0 radical (unpaired) electrons. The van der Waals surface area contributed by atoms with Crippen LogP contribution in [0.25, 0.3) is 71.3 Å². The molecule has 0 N–H and O–H groups in total. The molecule has 0 bridgehead atoms. The number of hydrogen-bond acceptors (Lipinski definition) is 0. The first-order valence-corrected chi connectivity index (χ1v) is 15.7. The molecule has 0 unspecified atom stereocenters. The van der Waals surface area contributed by atoms with Crippen LogP contribution < -0.4 is 0 Å². The molecule has 7 aromatic carbocycles. The predicted octanol–water partition coefficient (Wildman–Crippen LogP) is 13.2. The Morgan fingerprint density at radius 3 is 1.61 bits per heavy atom. The molecule has 0 aromatic heterocycles. The molecule has 0 heteroatoms. The van der Waals surface area contributed by atoms with Gasteiger partial charge in [0.1, 0.15) is 0 Å². The van der Waals surface area contributed by atoms with Gasteiger partial charge in [0.15, 0.2) is 0 Å². The summed E-state index contributed by atoms with van der Waals surface area (Å²) in [5, 5.41) is 7.58. The second-order valence-electron chi connectivity index (χ2n) is 10.8. The molecule has 0 saturated carbocycles. The van der Waals surface area contributed by atoms with Crippen LogP contribution in [0.2, 0.25) is 0 Å². The molecule has 0 spiro atoms. The van der Waals surface area contributed by atoms with Gasteiger partial charge in [-0.3, -0.25) is 0 Å². The lowest BCUT2D eigenvalue weighted by Crippen LogP contribution is -1.92. The minimum Gasteiger partial charge on any atom is -0.0871 e. The smallest absolute Gasteiger partial charge is 0.00201 e. The maximum Gasteiger partial charge on any atom is -0.00201 e. The van der Waals surface area contributed by atoms with E-state index in [-0.39, 0.29) is 0 Å². The van der Waals surface area contributed by atoms with Gasteiger partial charge in [-0.2, -0.15) is 0 Å². The molecule has 0 heterocycles. The molecule has 0 fully saturated rings. The molecule has 0 aliphatic rings. The maximum absolute atomic E-state index is 2.37. The summed E-state index contributed by atoms with van der Waals surface area (Å²) < 4.78 is 0. The first-order chi connectivity index (χ1) is 21.8. The highest BCUT2D eigenvalue weighted by molar-refractivity contribution is 6.22. The summed E-state index contributed by atoms with van der Waals surface area (Å²) in [7, 11) is 0. The molecule has 0 saturated heterocycles. The van der Waals surface area contributed by atoms with E-state index in [4.69, 9.17) is 0 Å². The third-order valence-electron chi connectivity index (χ3n) is 8.33. The van der Waals surface area contributed by atoms with Crippen molar-refractivity contribution in [3.05, 3.63) is 163 Å². The molecule has 44 heavy (non-hydrogen) atoms. The van der Waals surface area contributed by atoms with Crippen molar-refractivity contribution in [2.45, 2.75) is 27.7 Å². The molecule has 0 nitrogen and oxygen atoms in total. The number of allylic oxidation sites excluding steroid dienone is 4. The number of rotatable bonds is 5. The van der Waals surface area contributed by atoms with Gasteiger partial charge in [-0.15, -0.1) is 0 Å². The standard InChI is InChI=1S/C42H32.C2H6/c1-3-14-29(4-2)32-25-23-30-24-26-33(28-34(30)27-32)41-37-19-10-12-21-39(37)42(40-22-13-11-20-38(40)41)36-18-9-8-17-35(36)31-15-6-5-7-16-31;1-2/h3-28H,1-2H3;1-2H3/b14-3-,29-4+;. The molecule has 0 amide bonds. The normalized spacial score (nSPS) is 11.7. The Balaban J connectivity index is 0.00000168. The summed E-state index contributed by atoms with van der Waals surface area (Å²) in [6.45, 7) is 8.17. The molecular formula is C44H38. The van der Waals surface area contributed by atoms with Gasteiger partial charge in [0, 0.05) is 0 Å². The molecule has 7 rings (SSSR count). The van der Waals surface area contributed by atoms with Gasteiger partial charge in [-0.05, 0) is 103 Å². The van der Waals surface area contributed by atoms with Gasteiger partial charge in [0.25, 0.3) is 0 Å². The summed E-state index contributed by atoms with van der Waals surface area (Å²) in [6.07, 6.45) is 6.46. The Morgan fingerprint density at radius 2 is 1.00 bits per heavy atom. The van der Waals surface area contributed by atoms with Crippen LogP contribution in [0.5, 0.6) is 0 Å². The first-order valence-electron chi connectivity index (χ1n) is 15.7. The number of hydrogen-bond donors (Lipinski definition) is 0. The molecule has 0 aliphatic heterocycles. The van der Waals surface area contributed by atoms with Crippen LogP contribution in [0.1, 0.15) is 33.3 Å². The Bertz CT molecular complexity index is 2080. The Hall–Kier alpha value is -5.20. The van der Waals surface area contributed by atoms with E-state index < -0.39 is 0 Å². The highest BCUT2D eigenvalue weighted by Crippen LogP contribution is 2.46. The fraction of sp³-hybridized carbons (Fsp3) is 0.0909. The Morgan fingerprint density at radius 1 is 0.455 bits per heavy atom. The van der Waals surface area contributed by atoms with Crippen molar-refractivity contribution in [2.24, 2.45) is 0 Å². The first kappa shape index (κ1) is 28.9. The third kappa shape index (κ3) is 5.25. The van der Waals surface area contributed by atoms with Crippen LogP contribution >= 0.6 is 0 Å². The van der Waals surface area contributed by atoms with Gasteiger partial charge >= 0.3 is 0 Å². The van der Waals surface area contributed by atoms with Crippen molar-refractivity contribution >= 4 is 37.9 Å². The van der Waals surface area contributed by atoms with Gasteiger partial charge in [-0.25, -0.2) is 0 Å². The van der Waals surface area contributed by atoms with Crippen molar-refractivity contribution in [3.8, 4) is 33.4 Å². The quantitative estimate of drug-likeness (QED) is 0.144. The minimum atomic E-state index is 1.23. The Kier molecular flexibility index (Phi) is 8.52. The summed E-state index contributed by atoms with van der Waals surface area (Å²) >= 11 is 0. The van der Waals surface area contributed by atoms with E-state index in [0.29, 0.717) is 0 Å². The summed E-state index contributed by atoms with van der Waals surface area (Å²) in [5.41, 5.74) is 10.0. The zero-order chi connectivity index (χ0) is 30.5. The highest BCUT2D eigenvalue weighted by Gasteiger charge is 2.18. The van der Waals surface area contributed by atoms with E-state index in [9.17, 15) is 0 Å². The van der Waals surface area contributed by atoms with Crippen molar-refractivity contribution in [2.75, 3.05) is 0 Å². The SMILES string of the molecule is C/C=C\C(=C/C)c1ccc2ccc(-c3c4ccccc4c(-c4ccccc4-c4ccccc4)c4ccccc34)cc2c1.CC. The van der Waals surface area contributed by atoms with E-state index in [2.05, 4.69) is 172 Å². The van der Waals surface area contributed by atoms with E-state index in [0.717, 1.165) is 0 Å². The van der Waals surface area contributed by atoms with Gasteiger partial charge in [0.2, 0.25) is 0 Å². The maximum atomic E-state index is 2.37. The van der Waals surface area contributed by atoms with Crippen molar-refractivity contribution in [1.82, 2.24) is 0 Å². The third-order valence-corrected chi connectivity index (χ3v) is 8.33. The topological polar surface area (TPSA) is 0 Å². The van der Waals surface area contributed by atoms with Crippen LogP contribution in [0.4, 0.5) is 0 Å². The zero-order valence-electron chi connectivity index (χ0n) is 26.0. The van der Waals surface area contributed by atoms with Crippen LogP contribution in [0.15, 0.2) is 158 Å². The van der Waals surface area contributed by atoms with E-state index in [1.54, 1.807) is 0 Å². The van der Waals surface area contributed by atoms with Crippen molar-refractivity contribution < 1.29 is 0 Å². The highest BCUT2D eigenvalue weighted by atomic mass is 14.2. The predicted molar refractivity (Wildman–Crippen MR) is 195 cm³/mol. The van der Waals surface area contributed by atoms with Crippen LogP contribution in [-0.2, 0) is 0 Å². The lowest BCUT2D eigenvalue weighted by Gasteiger charge is -2.20. The zero-order valence-corrected chi connectivity index (χ0v) is 26.0. The lowest BCUT2D eigenvalue weighted by atomic mass is 9.83. The Labute approximate surface area is 261 Å². The monoisotopic (exact) mass is 566 g/mol. The minimum absolute atomic E-state index is 1.23. The summed E-state index contributed by atoms with van der Waals surface area (Å²) in [5.74, 6) is 0. The molecule has 7 aromatic rings. The van der Waals surface area contributed by atoms with Crippen molar-refractivity contribution in [3.63, 3.8) is 0 Å². The summed E-state index contributed by atoms with van der Waals surface area (Å²) in [6, 6.07) is 51.1. The average molecular weight is 567 g/mol. The van der Waals surface area contributed by atoms with Crippen molar-refractivity contribution in [1.29, 1.82) is 0 Å². The summed E-state index contributed by atoms with van der Waals surface area (Å²) in [4.78, 5) is 0. The van der Waals surface area contributed by atoms with Gasteiger partial charge in [0.05, 0.1) is 0 Å². The second-order valence-corrected chi connectivity index (χ2v) is 10.8. The fourth-order valence-electron chi connectivity index (χ4n) is 6.42. The van der Waals surface area contributed by atoms with Gasteiger partial charge < -0.3 is 0 Å². The fourth-order valence-corrected chi connectivity index (χ4v) is 6.42. The lowest BCUT2D eigenvalue weighted by molar-refractivity contribution is 1.50. The second kappa shape index (κ2) is 13.0. The average Bonchev–Trinajstić information content (AvgIpc) is 3.10. The largest absolute Gasteiger partial charge is 0.0871 e. The van der Waals surface area contributed by atoms with Crippen LogP contribution in [0, 0.1) is 0 Å². The molecule has 214 valence electrons. The van der Waals surface area contributed by atoms with E-state index in [1.165, 1.54) is 76.8 Å². The number of benzene rings is 7. The molecular weight excluding hydrogens is 528 g/mol. The number of fused-ring (bicyclic) bond motifs is 3.